The second kappa shape index (κ2) is 5.49. The van der Waals surface area contributed by atoms with Crippen LogP contribution in [-0.2, 0) is 16.8 Å². The standard InChI is InChI=1S/C15H17N3O2S/c16-8-2-1-3-9-18-13(19)15(17-14(18)20)7-4-5-12-11(15)6-10-21-12/h6,10H,1-5,7,9H2,(H,17,20)/t15-/m1/s1. The number of carbonyl (C=O) groups excluding carboxylic acids is 2. The zero-order valence-corrected chi connectivity index (χ0v) is 12.5. The van der Waals surface area contributed by atoms with Crippen LogP contribution in [0.1, 0.15) is 42.5 Å². The van der Waals surface area contributed by atoms with Crippen molar-refractivity contribution in [2.24, 2.45) is 0 Å². The van der Waals surface area contributed by atoms with Crippen LogP contribution < -0.4 is 5.32 Å². The van der Waals surface area contributed by atoms with Gasteiger partial charge in [-0.1, -0.05) is 0 Å². The number of amides is 3. The molecule has 1 aliphatic heterocycles. The molecule has 6 heteroatoms. The molecule has 0 unspecified atom stereocenters. The Kier molecular flexibility index (Phi) is 3.68. The monoisotopic (exact) mass is 303 g/mol. The van der Waals surface area contributed by atoms with Gasteiger partial charge in [0, 0.05) is 23.4 Å². The van der Waals surface area contributed by atoms with Gasteiger partial charge in [-0.15, -0.1) is 11.3 Å². The minimum atomic E-state index is -0.833. The van der Waals surface area contributed by atoms with E-state index >= 15 is 0 Å². The minimum absolute atomic E-state index is 0.121. The van der Waals surface area contributed by atoms with Crippen molar-refractivity contribution in [3.8, 4) is 6.07 Å². The van der Waals surface area contributed by atoms with Crippen LogP contribution in [0.15, 0.2) is 11.4 Å². The fraction of sp³-hybridized carbons (Fsp3) is 0.533. The summed E-state index contributed by atoms with van der Waals surface area (Å²) >= 11 is 1.66. The van der Waals surface area contributed by atoms with Crippen LogP contribution in [-0.4, -0.2) is 23.4 Å². The van der Waals surface area contributed by atoms with E-state index in [9.17, 15) is 9.59 Å². The highest BCUT2D eigenvalue weighted by Gasteiger charge is 2.53. The largest absolute Gasteiger partial charge is 0.325 e. The predicted molar refractivity (Wildman–Crippen MR) is 78.6 cm³/mol. The van der Waals surface area contributed by atoms with Gasteiger partial charge in [-0.25, -0.2) is 4.79 Å². The maximum absolute atomic E-state index is 12.8. The molecule has 1 saturated heterocycles. The second-order valence-electron chi connectivity index (χ2n) is 5.52. The number of rotatable bonds is 4. The van der Waals surface area contributed by atoms with E-state index in [1.54, 1.807) is 11.3 Å². The molecule has 21 heavy (non-hydrogen) atoms. The van der Waals surface area contributed by atoms with Gasteiger partial charge in [0.2, 0.25) is 0 Å². The fourth-order valence-corrected chi connectivity index (χ4v) is 4.22. The van der Waals surface area contributed by atoms with Gasteiger partial charge in [-0.3, -0.25) is 9.69 Å². The summed E-state index contributed by atoms with van der Waals surface area (Å²) in [6, 6.07) is 3.75. The summed E-state index contributed by atoms with van der Waals surface area (Å²) in [5.41, 5.74) is 0.150. The van der Waals surface area contributed by atoms with Crippen LogP contribution in [0.5, 0.6) is 0 Å². The molecule has 1 aromatic rings. The maximum Gasteiger partial charge on any atom is 0.325 e. The maximum atomic E-state index is 12.8. The quantitative estimate of drug-likeness (QED) is 0.686. The van der Waals surface area contributed by atoms with Crippen LogP contribution in [0.3, 0.4) is 0 Å². The first-order chi connectivity index (χ1) is 10.2. The first kappa shape index (κ1) is 14.1. The lowest BCUT2D eigenvalue weighted by Gasteiger charge is -2.31. The number of nitrogens with one attached hydrogen (secondary N) is 1. The summed E-state index contributed by atoms with van der Waals surface area (Å²) in [5.74, 6) is -0.121. The number of urea groups is 1. The molecule has 1 aliphatic carbocycles. The number of hydrogen-bond donors (Lipinski definition) is 1. The van der Waals surface area contributed by atoms with E-state index in [2.05, 4.69) is 11.4 Å². The van der Waals surface area contributed by atoms with Crippen molar-refractivity contribution in [2.45, 2.75) is 44.1 Å². The molecular formula is C15H17N3O2S. The molecule has 1 N–H and O–H groups in total. The van der Waals surface area contributed by atoms with E-state index < -0.39 is 5.54 Å². The summed E-state index contributed by atoms with van der Waals surface area (Å²) in [7, 11) is 0. The average Bonchev–Trinajstić information content (AvgIpc) is 3.03. The van der Waals surface area contributed by atoms with E-state index in [4.69, 9.17) is 5.26 Å². The third-order valence-electron chi connectivity index (χ3n) is 4.26. The Morgan fingerprint density at radius 3 is 3.10 bits per heavy atom. The number of nitriles is 1. The van der Waals surface area contributed by atoms with Crippen LogP contribution in [0.25, 0.3) is 0 Å². The highest BCUT2D eigenvalue weighted by atomic mass is 32.1. The summed E-state index contributed by atoms with van der Waals surface area (Å²) in [4.78, 5) is 27.5. The van der Waals surface area contributed by atoms with Gasteiger partial charge < -0.3 is 5.32 Å². The van der Waals surface area contributed by atoms with E-state index in [1.807, 2.05) is 11.4 Å². The number of imide groups is 1. The van der Waals surface area contributed by atoms with Gasteiger partial charge in [0.1, 0.15) is 5.54 Å². The van der Waals surface area contributed by atoms with E-state index in [-0.39, 0.29) is 11.9 Å². The SMILES string of the molecule is N#CCCCCN1C(=O)N[C@@]2(CCCc3sccc32)C1=O. The first-order valence-corrected chi connectivity index (χ1v) is 8.15. The third-order valence-corrected chi connectivity index (χ3v) is 5.24. The number of hydrogen-bond acceptors (Lipinski definition) is 4. The van der Waals surface area contributed by atoms with Crippen molar-refractivity contribution in [1.29, 1.82) is 5.26 Å². The smallest absolute Gasteiger partial charge is 0.319 e. The molecule has 1 aromatic heterocycles. The van der Waals surface area contributed by atoms with Crippen LogP contribution in [0, 0.1) is 11.3 Å². The Bertz CT molecular complexity index is 619. The van der Waals surface area contributed by atoms with Crippen LogP contribution in [0.2, 0.25) is 0 Å². The molecule has 5 nitrogen and oxygen atoms in total. The molecule has 1 fully saturated rings. The van der Waals surface area contributed by atoms with Crippen molar-refractivity contribution in [3.05, 3.63) is 21.9 Å². The highest BCUT2D eigenvalue weighted by molar-refractivity contribution is 7.10. The van der Waals surface area contributed by atoms with Gasteiger partial charge >= 0.3 is 6.03 Å². The van der Waals surface area contributed by atoms with E-state index in [1.165, 1.54) is 9.78 Å². The van der Waals surface area contributed by atoms with Crippen molar-refractivity contribution in [2.75, 3.05) is 6.54 Å². The van der Waals surface area contributed by atoms with Crippen molar-refractivity contribution < 1.29 is 9.59 Å². The van der Waals surface area contributed by atoms with Gasteiger partial charge in [-0.2, -0.15) is 5.26 Å². The number of thiophene rings is 1. The number of aryl methyl sites for hydroxylation is 1. The Morgan fingerprint density at radius 2 is 2.29 bits per heavy atom. The molecule has 0 bridgehead atoms. The number of carbonyl (C=O) groups is 2. The molecule has 2 aliphatic rings. The number of unbranched alkanes of at least 4 members (excludes halogenated alkanes) is 2. The molecule has 0 saturated carbocycles. The lowest BCUT2D eigenvalue weighted by Crippen LogP contribution is -2.46. The predicted octanol–water partition coefficient (Wildman–Crippen LogP) is 2.53. The number of nitrogens with zero attached hydrogens (tertiary/aromatic N) is 2. The highest BCUT2D eigenvalue weighted by Crippen LogP contribution is 2.42. The molecule has 3 rings (SSSR count). The Hall–Kier alpha value is -1.87. The van der Waals surface area contributed by atoms with Crippen molar-refractivity contribution in [3.63, 3.8) is 0 Å². The Balaban J connectivity index is 1.80. The molecular weight excluding hydrogens is 286 g/mol. The molecule has 2 heterocycles. The van der Waals surface area contributed by atoms with Crippen LogP contribution in [0.4, 0.5) is 4.79 Å². The third kappa shape index (κ3) is 2.22. The lowest BCUT2D eigenvalue weighted by atomic mass is 9.80. The van der Waals surface area contributed by atoms with E-state index in [0.29, 0.717) is 32.2 Å². The van der Waals surface area contributed by atoms with E-state index in [0.717, 1.165) is 18.4 Å². The summed E-state index contributed by atoms with van der Waals surface area (Å²) in [6.07, 6.45) is 4.44. The van der Waals surface area contributed by atoms with Gasteiger partial charge in [0.15, 0.2) is 0 Å². The topological polar surface area (TPSA) is 73.2 Å². The first-order valence-electron chi connectivity index (χ1n) is 7.27. The van der Waals surface area contributed by atoms with Crippen LogP contribution >= 0.6 is 11.3 Å². The Morgan fingerprint density at radius 1 is 1.43 bits per heavy atom. The molecule has 110 valence electrons. The molecule has 3 amide bonds. The van der Waals surface area contributed by atoms with Gasteiger partial charge in [-0.05, 0) is 43.6 Å². The molecule has 0 aromatic carbocycles. The van der Waals surface area contributed by atoms with Gasteiger partial charge in [0.05, 0.1) is 6.07 Å². The second-order valence-corrected chi connectivity index (χ2v) is 6.52. The normalized spacial score (nSPS) is 24.0. The summed E-state index contributed by atoms with van der Waals surface area (Å²) in [5, 5.41) is 13.5. The lowest BCUT2D eigenvalue weighted by molar-refractivity contribution is -0.132. The van der Waals surface area contributed by atoms with Gasteiger partial charge in [0.25, 0.3) is 5.91 Å². The fourth-order valence-electron chi connectivity index (χ4n) is 3.22. The average molecular weight is 303 g/mol. The molecule has 1 spiro atoms. The van der Waals surface area contributed by atoms with Crippen molar-refractivity contribution in [1.82, 2.24) is 10.2 Å². The number of fused-ring (bicyclic) bond motifs is 2. The summed E-state index contributed by atoms with van der Waals surface area (Å²) in [6.45, 7) is 0.396. The Labute approximate surface area is 127 Å². The summed E-state index contributed by atoms with van der Waals surface area (Å²) < 4.78 is 0. The zero-order chi connectivity index (χ0) is 14.9. The molecule has 1 atom stereocenters. The van der Waals surface area contributed by atoms with Crippen molar-refractivity contribution >= 4 is 23.3 Å². The molecule has 0 radical (unpaired) electrons. The minimum Gasteiger partial charge on any atom is -0.319 e. The zero-order valence-electron chi connectivity index (χ0n) is 11.7.